The van der Waals surface area contributed by atoms with Gasteiger partial charge in [0.05, 0.1) is 18.2 Å². The van der Waals surface area contributed by atoms with E-state index in [0.29, 0.717) is 17.1 Å². The molecular formula is C25H26ClNO4. The average molecular weight is 440 g/mol. The molecule has 0 N–H and O–H groups in total. The van der Waals surface area contributed by atoms with Gasteiger partial charge in [0, 0.05) is 22.0 Å². The molecular weight excluding hydrogens is 414 g/mol. The first-order valence-corrected chi connectivity index (χ1v) is 10.9. The molecule has 1 fully saturated rings. The lowest BCUT2D eigenvalue weighted by Gasteiger charge is -2.27. The van der Waals surface area contributed by atoms with Gasteiger partial charge in [0.1, 0.15) is 5.76 Å². The average Bonchev–Trinajstić information content (AvgIpc) is 3.51. The molecule has 2 aromatic heterocycles. The highest BCUT2D eigenvalue weighted by Gasteiger charge is 2.44. The Hall–Kier alpha value is -2.79. The van der Waals surface area contributed by atoms with E-state index < -0.39 is 5.41 Å². The van der Waals surface area contributed by atoms with Crippen molar-refractivity contribution < 1.29 is 18.7 Å². The van der Waals surface area contributed by atoms with Gasteiger partial charge in [-0.3, -0.25) is 9.59 Å². The fourth-order valence-electron chi connectivity index (χ4n) is 4.59. The highest BCUT2D eigenvalue weighted by molar-refractivity contribution is 6.30. The van der Waals surface area contributed by atoms with Crippen LogP contribution in [0.5, 0.6) is 0 Å². The lowest BCUT2D eigenvalue weighted by molar-refractivity contribution is -0.149. The number of rotatable bonds is 7. The quantitative estimate of drug-likeness (QED) is 0.353. The van der Waals surface area contributed by atoms with Crippen LogP contribution in [0.25, 0.3) is 0 Å². The summed E-state index contributed by atoms with van der Waals surface area (Å²) in [4.78, 5) is 26.0. The third-order valence-corrected chi connectivity index (χ3v) is 6.60. The van der Waals surface area contributed by atoms with Crippen LogP contribution in [0, 0.1) is 13.8 Å². The van der Waals surface area contributed by atoms with Crippen molar-refractivity contribution in [3.63, 3.8) is 0 Å². The Morgan fingerprint density at radius 3 is 2.48 bits per heavy atom. The van der Waals surface area contributed by atoms with Crippen molar-refractivity contribution in [2.75, 3.05) is 6.61 Å². The summed E-state index contributed by atoms with van der Waals surface area (Å²) in [5, 5.41) is 0.630. The number of nitrogens with zero attached hydrogens (tertiary/aromatic N) is 1. The van der Waals surface area contributed by atoms with Crippen molar-refractivity contribution >= 4 is 23.4 Å². The van der Waals surface area contributed by atoms with Crippen molar-refractivity contribution in [2.45, 2.75) is 51.5 Å². The molecule has 0 unspecified atom stereocenters. The van der Waals surface area contributed by atoms with E-state index in [1.807, 2.05) is 48.7 Å². The van der Waals surface area contributed by atoms with Gasteiger partial charge in [-0.25, -0.2) is 0 Å². The van der Waals surface area contributed by atoms with Gasteiger partial charge in [0.15, 0.2) is 6.61 Å². The molecule has 162 valence electrons. The van der Waals surface area contributed by atoms with Gasteiger partial charge in [-0.1, -0.05) is 36.6 Å². The Morgan fingerprint density at radius 2 is 1.84 bits per heavy atom. The summed E-state index contributed by atoms with van der Waals surface area (Å²) in [5.41, 5.74) is 2.58. The third kappa shape index (κ3) is 4.19. The molecule has 1 saturated carbocycles. The van der Waals surface area contributed by atoms with Crippen LogP contribution >= 0.6 is 11.6 Å². The maximum atomic E-state index is 13.1. The van der Waals surface area contributed by atoms with Crippen LogP contribution in [0.1, 0.15) is 58.8 Å². The number of carbonyl (C=O) groups is 2. The minimum Gasteiger partial charge on any atom is -0.467 e. The Kier molecular flexibility index (Phi) is 6.05. The van der Waals surface area contributed by atoms with Crippen molar-refractivity contribution in [1.29, 1.82) is 0 Å². The third-order valence-electron chi connectivity index (χ3n) is 6.35. The van der Waals surface area contributed by atoms with Crippen LogP contribution in [0.2, 0.25) is 5.02 Å². The van der Waals surface area contributed by atoms with Crippen molar-refractivity contribution in [3.05, 3.63) is 82.0 Å². The highest BCUT2D eigenvalue weighted by atomic mass is 35.5. The summed E-state index contributed by atoms with van der Waals surface area (Å²) in [6.07, 6.45) is 4.99. The van der Waals surface area contributed by atoms with Gasteiger partial charge in [-0.05, 0) is 62.6 Å². The molecule has 0 spiro atoms. The molecule has 4 rings (SSSR count). The first-order chi connectivity index (χ1) is 14.9. The number of hydrogen-bond acceptors (Lipinski definition) is 4. The maximum absolute atomic E-state index is 13.1. The second-order valence-corrected chi connectivity index (χ2v) is 8.68. The van der Waals surface area contributed by atoms with E-state index in [-0.39, 0.29) is 18.4 Å². The summed E-state index contributed by atoms with van der Waals surface area (Å²) in [5.74, 6) is 0.292. The minimum atomic E-state index is -0.693. The smallest absolute Gasteiger partial charge is 0.317 e. The number of hydrogen-bond donors (Lipinski definition) is 0. The monoisotopic (exact) mass is 439 g/mol. The van der Waals surface area contributed by atoms with Crippen molar-refractivity contribution in [1.82, 2.24) is 4.57 Å². The zero-order valence-corrected chi connectivity index (χ0v) is 18.6. The second-order valence-electron chi connectivity index (χ2n) is 8.25. The summed E-state index contributed by atoms with van der Waals surface area (Å²) >= 11 is 6.02. The van der Waals surface area contributed by atoms with Crippen LogP contribution in [0.4, 0.5) is 0 Å². The Balaban J connectivity index is 1.48. The van der Waals surface area contributed by atoms with E-state index >= 15 is 0 Å². The number of furan rings is 1. The van der Waals surface area contributed by atoms with Gasteiger partial charge >= 0.3 is 5.97 Å². The fraction of sp³-hybridized carbons (Fsp3) is 0.360. The van der Waals surface area contributed by atoms with Crippen LogP contribution in [-0.2, 0) is 21.5 Å². The Bertz CT molecular complexity index is 1070. The number of carbonyl (C=O) groups excluding carboxylic acids is 2. The SMILES string of the molecule is Cc1cc(C(=O)COC(=O)C2(c3ccc(Cl)cc3)CCCC2)c(C)n1Cc1ccco1. The number of esters is 1. The molecule has 6 heteroatoms. The number of ether oxygens (including phenoxy) is 1. The lowest BCUT2D eigenvalue weighted by Crippen LogP contribution is -2.35. The summed E-state index contributed by atoms with van der Waals surface area (Å²) in [6.45, 7) is 4.14. The normalized spacial score (nSPS) is 15.2. The second kappa shape index (κ2) is 8.75. The van der Waals surface area contributed by atoms with Crippen LogP contribution in [-0.4, -0.2) is 22.9 Å². The molecule has 5 nitrogen and oxygen atoms in total. The topological polar surface area (TPSA) is 61.4 Å². The van der Waals surface area contributed by atoms with E-state index in [1.54, 1.807) is 18.4 Å². The summed E-state index contributed by atoms with van der Waals surface area (Å²) < 4.78 is 13.0. The van der Waals surface area contributed by atoms with Gasteiger partial charge in [-0.15, -0.1) is 0 Å². The van der Waals surface area contributed by atoms with Crippen LogP contribution in [0.15, 0.2) is 53.1 Å². The molecule has 0 atom stereocenters. The molecule has 3 aromatic rings. The molecule has 0 aliphatic heterocycles. The van der Waals surface area contributed by atoms with Crippen LogP contribution < -0.4 is 0 Å². The first-order valence-electron chi connectivity index (χ1n) is 10.6. The zero-order chi connectivity index (χ0) is 22.0. The molecule has 0 radical (unpaired) electrons. The summed E-state index contributed by atoms with van der Waals surface area (Å²) in [6, 6.07) is 13.0. The molecule has 0 saturated heterocycles. The molecule has 31 heavy (non-hydrogen) atoms. The predicted octanol–water partition coefficient (Wildman–Crippen LogP) is 5.64. The number of ketones is 1. The number of benzene rings is 1. The standard InChI is InChI=1S/C25H26ClNO4/c1-17-14-22(18(2)27(17)15-21-6-5-13-30-21)23(28)16-31-24(29)25(11-3-4-12-25)19-7-9-20(26)10-8-19/h5-10,13-14H,3-4,11-12,15-16H2,1-2H3. The number of halogens is 1. The van der Waals surface area contributed by atoms with Gasteiger partial charge in [0.25, 0.3) is 0 Å². The number of aryl methyl sites for hydroxylation is 1. The molecule has 1 aliphatic rings. The molecule has 1 aliphatic carbocycles. The predicted molar refractivity (Wildman–Crippen MR) is 119 cm³/mol. The zero-order valence-electron chi connectivity index (χ0n) is 17.8. The van der Waals surface area contributed by atoms with Gasteiger partial charge < -0.3 is 13.7 Å². The Morgan fingerprint density at radius 1 is 1.13 bits per heavy atom. The maximum Gasteiger partial charge on any atom is 0.317 e. The van der Waals surface area contributed by atoms with E-state index in [0.717, 1.165) is 48.4 Å². The molecule has 0 amide bonds. The van der Waals surface area contributed by atoms with E-state index in [9.17, 15) is 9.59 Å². The van der Waals surface area contributed by atoms with E-state index in [1.165, 1.54) is 0 Å². The highest BCUT2D eigenvalue weighted by Crippen LogP contribution is 2.42. The molecule has 0 bridgehead atoms. The molecule has 2 heterocycles. The van der Waals surface area contributed by atoms with Crippen LogP contribution in [0.3, 0.4) is 0 Å². The van der Waals surface area contributed by atoms with E-state index in [2.05, 4.69) is 0 Å². The number of aromatic nitrogens is 1. The van der Waals surface area contributed by atoms with Crippen molar-refractivity contribution in [3.8, 4) is 0 Å². The first kappa shape index (κ1) is 21.4. The van der Waals surface area contributed by atoms with Gasteiger partial charge in [-0.2, -0.15) is 0 Å². The van der Waals surface area contributed by atoms with Crippen molar-refractivity contribution in [2.24, 2.45) is 0 Å². The fourth-order valence-corrected chi connectivity index (χ4v) is 4.72. The summed E-state index contributed by atoms with van der Waals surface area (Å²) in [7, 11) is 0. The Labute approximate surface area is 187 Å². The largest absolute Gasteiger partial charge is 0.467 e. The lowest BCUT2D eigenvalue weighted by atomic mass is 9.79. The van der Waals surface area contributed by atoms with E-state index in [4.69, 9.17) is 20.8 Å². The minimum absolute atomic E-state index is 0.198. The van der Waals surface area contributed by atoms with Gasteiger partial charge in [0.2, 0.25) is 5.78 Å². The molecule has 1 aromatic carbocycles. The number of Topliss-reactive ketones (excluding diaryl/α,β-unsaturated/α-hetero) is 1.